The molecule has 2 fully saturated rings. The lowest BCUT2D eigenvalue weighted by Crippen LogP contribution is -2.44. The molecule has 2 aromatic rings. The van der Waals surface area contributed by atoms with Gasteiger partial charge in [-0.15, -0.1) is 0 Å². The number of nitrogens with one attached hydrogen (secondary N) is 1. The summed E-state index contributed by atoms with van der Waals surface area (Å²) in [5.74, 6) is 1.41. The number of anilines is 1. The molecule has 114 valence electrons. The van der Waals surface area contributed by atoms with Gasteiger partial charge in [0.25, 0.3) is 0 Å². The van der Waals surface area contributed by atoms with Gasteiger partial charge in [-0.1, -0.05) is 11.6 Å². The highest BCUT2D eigenvalue weighted by atomic mass is 35.5. The van der Waals surface area contributed by atoms with E-state index in [0.29, 0.717) is 5.92 Å². The summed E-state index contributed by atoms with van der Waals surface area (Å²) in [4.78, 5) is 11.9. The molecule has 2 aliphatic rings. The summed E-state index contributed by atoms with van der Waals surface area (Å²) in [6.45, 7) is 4.12. The monoisotopic (exact) mass is 314 g/mol. The third kappa shape index (κ3) is 2.81. The predicted octanol–water partition coefficient (Wildman–Crippen LogP) is 3.08. The standard InChI is InChI=1S/C17H19ClN4/c18-14-5-3-13(4-6-14)17-20-11-15(16(21-17)12-1-2-12)22-9-7-19-8-10-22/h3-6,11-12,19H,1-2,7-10H2. The second-order valence-corrected chi connectivity index (χ2v) is 6.42. The van der Waals surface area contributed by atoms with E-state index in [1.54, 1.807) is 0 Å². The first-order chi connectivity index (χ1) is 10.8. The minimum absolute atomic E-state index is 0.610. The van der Waals surface area contributed by atoms with Crippen molar-refractivity contribution in [3.8, 4) is 11.4 Å². The molecule has 1 aliphatic heterocycles. The van der Waals surface area contributed by atoms with Crippen molar-refractivity contribution in [3.05, 3.63) is 41.2 Å². The molecule has 4 nitrogen and oxygen atoms in total. The smallest absolute Gasteiger partial charge is 0.159 e. The largest absolute Gasteiger partial charge is 0.366 e. The van der Waals surface area contributed by atoms with Crippen LogP contribution in [0.4, 0.5) is 5.69 Å². The third-order valence-electron chi connectivity index (χ3n) is 4.32. The fraction of sp³-hybridized carbons (Fsp3) is 0.412. The Morgan fingerprint density at radius 1 is 1.09 bits per heavy atom. The Bertz CT molecular complexity index is 661. The molecule has 0 bridgehead atoms. The van der Waals surface area contributed by atoms with Gasteiger partial charge in [-0.3, -0.25) is 0 Å². The van der Waals surface area contributed by atoms with Crippen LogP contribution in [0.15, 0.2) is 30.5 Å². The van der Waals surface area contributed by atoms with Crippen LogP contribution in [0.25, 0.3) is 11.4 Å². The molecule has 5 heteroatoms. The molecule has 22 heavy (non-hydrogen) atoms. The van der Waals surface area contributed by atoms with Crippen LogP contribution in [-0.4, -0.2) is 36.1 Å². The second kappa shape index (κ2) is 5.86. The summed E-state index contributed by atoms with van der Waals surface area (Å²) in [5, 5.41) is 4.14. The molecule has 1 saturated carbocycles. The van der Waals surface area contributed by atoms with Crippen molar-refractivity contribution in [1.82, 2.24) is 15.3 Å². The van der Waals surface area contributed by atoms with E-state index in [1.165, 1.54) is 24.2 Å². The normalized spacial score (nSPS) is 18.5. The Kier molecular flexibility index (Phi) is 3.72. The van der Waals surface area contributed by atoms with E-state index in [9.17, 15) is 0 Å². The number of aromatic nitrogens is 2. The third-order valence-corrected chi connectivity index (χ3v) is 4.57. The molecule has 0 radical (unpaired) electrons. The van der Waals surface area contributed by atoms with E-state index >= 15 is 0 Å². The van der Waals surface area contributed by atoms with Crippen molar-refractivity contribution in [2.45, 2.75) is 18.8 Å². The van der Waals surface area contributed by atoms with Crippen molar-refractivity contribution in [1.29, 1.82) is 0 Å². The predicted molar refractivity (Wildman–Crippen MR) is 89.5 cm³/mol. The van der Waals surface area contributed by atoms with E-state index in [0.717, 1.165) is 42.6 Å². The topological polar surface area (TPSA) is 41.1 Å². The molecule has 4 rings (SSSR count). The number of nitrogens with zero attached hydrogens (tertiary/aromatic N) is 3. The molecular formula is C17H19ClN4. The summed E-state index contributed by atoms with van der Waals surface area (Å²) < 4.78 is 0. The lowest BCUT2D eigenvalue weighted by Gasteiger charge is -2.30. The number of benzene rings is 1. The first-order valence-electron chi connectivity index (χ1n) is 7.90. The van der Waals surface area contributed by atoms with E-state index in [2.05, 4.69) is 15.2 Å². The number of hydrogen-bond acceptors (Lipinski definition) is 4. The highest BCUT2D eigenvalue weighted by Crippen LogP contribution is 2.43. The minimum Gasteiger partial charge on any atom is -0.366 e. The zero-order chi connectivity index (χ0) is 14.9. The lowest BCUT2D eigenvalue weighted by molar-refractivity contribution is 0.586. The summed E-state index contributed by atoms with van der Waals surface area (Å²) in [7, 11) is 0. The van der Waals surface area contributed by atoms with E-state index in [-0.39, 0.29) is 0 Å². The zero-order valence-corrected chi connectivity index (χ0v) is 13.2. The SMILES string of the molecule is Clc1ccc(-c2ncc(N3CCNCC3)c(C3CC3)n2)cc1. The second-order valence-electron chi connectivity index (χ2n) is 5.98. The van der Waals surface area contributed by atoms with E-state index < -0.39 is 0 Å². The quantitative estimate of drug-likeness (QED) is 0.945. The maximum Gasteiger partial charge on any atom is 0.159 e. The molecule has 0 spiro atoms. The maximum atomic E-state index is 5.96. The van der Waals surface area contributed by atoms with Gasteiger partial charge >= 0.3 is 0 Å². The van der Waals surface area contributed by atoms with Gasteiger partial charge in [0.05, 0.1) is 17.6 Å². The van der Waals surface area contributed by atoms with Gasteiger partial charge in [0.15, 0.2) is 5.82 Å². The summed E-state index contributed by atoms with van der Waals surface area (Å²) in [6, 6.07) is 7.75. The Labute approximate surface area is 135 Å². The maximum absolute atomic E-state index is 5.96. The first-order valence-corrected chi connectivity index (χ1v) is 8.27. The first kappa shape index (κ1) is 14.0. The Hall–Kier alpha value is -1.65. The molecular weight excluding hydrogens is 296 g/mol. The van der Waals surface area contributed by atoms with Crippen LogP contribution in [0.2, 0.25) is 5.02 Å². The van der Waals surface area contributed by atoms with Crippen LogP contribution < -0.4 is 10.2 Å². The minimum atomic E-state index is 0.610. The number of hydrogen-bond donors (Lipinski definition) is 1. The number of halogens is 1. The van der Waals surface area contributed by atoms with Gasteiger partial charge in [0, 0.05) is 42.7 Å². The summed E-state index contributed by atoms with van der Waals surface area (Å²) in [6.07, 6.45) is 4.50. The Balaban J connectivity index is 1.70. The summed E-state index contributed by atoms with van der Waals surface area (Å²) in [5.41, 5.74) is 3.47. The highest BCUT2D eigenvalue weighted by molar-refractivity contribution is 6.30. The van der Waals surface area contributed by atoms with Gasteiger partial charge < -0.3 is 10.2 Å². The van der Waals surface area contributed by atoms with Crippen molar-refractivity contribution < 1.29 is 0 Å². The fourth-order valence-electron chi connectivity index (χ4n) is 2.93. The molecule has 1 aromatic carbocycles. The molecule has 0 unspecified atom stereocenters. The molecule has 1 N–H and O–H groups in total. The van der Waals surface area contributed by atoms with Gasteiger partial charge in [-0.05, 0) is 37.1 Å². The van der Waals surface area contributed by atoms with Crippen LogP contribution in [0.5, 0.6) is 0 Å². The molecule has 0 atom stereocenters. The van der Waals surface area contributed by atoms with Gasteiger partial charge in [0.1, 0.15) is 0 Å². The van der Waals surface area contributed by atoms with Gasteiger partial charge in [-0.2, -0.15) is 0 Å². The van der Waals surface area contributed by atoms with E-state index in [1.807, 2.05) is 30.5 Å². The zero-order valence-electron chi connectivity index (χ0n) is 12.4. The van der Waals surface area contributed by atoms with Crippen molar-refractivity contribution in [2.75, 3.05) is 31.1 Å². The molecule has 1 aromatic heterocycles. The molecule has 0 amide bonds. The van der Waals surface area contributed by atoms with Crippen molar-refractivity contribution >= 4 is 17.3 Å². The van der Waals surface area contributed by atoms with Crippen molar-refractivity contribution in [2.24, 2.45) is 0 Å². The molecule has 2 heterocycles. The van der Waals surface area contributed by atoms with Crippen LogP contribution >= 0.6 is 11.6 Å². The average molecular weight is 315 g/mol. The Morgan fingerprint density at radius 2 is 1.82 bits per heavy atom. The van der Waals surface area contributed by atoms with Crippen LogP contribution in [-0.2, 0) is 0 Å². The fourth-order valence-corrected chi connectivity index (χ4v) is 3.06. The average Bonchev–Trinajstić information content (AvgIpc) is 3.41. The van der Waals surface area contributed by atoms with Crippen molar-refractivity contribution in [3.63, 3.8) is 0 Å². The number of piperazine rings is 1. The van der Waals surface area contributed by atoms with Crippen LogP contribution in [0.1, 0.15) is 24.5 Å². The highest BCUT2D eigenvalue weighted by Gasteiger charge is 2.30. The Morgan fingerprint density at radius 3 is 2.50 bits per heavy atom. The molecule has 1 saturated heterocycles. The number of rotatable bonds is 3. The van der Waals surface area contributed by atoms with Crippen LogP contribution in [0.3, 0.4) is 0 Å². The molecule has 1 aliphatic carbocycles. The van der Waals surface area contributed by atoms with Gasteiger partial charge in [0.2, 0.25) is 0 Å². The van der Waals surface area contributed by atoms with Gasteiger partial charge in [-0.25, -0.2) is 9.97 Å². The summed E-state index contributed by atoms with van der Waals surface area (Å²) >= 11 is 5.96. The van der Waals surface area contributed by atoms with E-state index in [4.69, 9.17) is 16.6 Å². The lowest BCUT2D eigenvalue weighted by atomic mass is 10.1. The van der Waals surface area contributed by atoms with Crippen LogP contribution in [0, 0.1) is 0 Å².